The Morgan fingerprint density at radius 3 is 2.58 bits per heavy atom. The van der Waals surface area contributed by atoms with Crippen LogP contribution in [-0.4, -0.2) is 62.3 Å². The molecule has 244 valence electrons. The fourth-order valence-corrected chi connectivity index (χ4v) is 10.5. The second-order valence-electron chi connectivity index (χ2n) is 15.9. The molecule has 0 aromatic carbocycles. The normalized spacial score (nSPS) is 36.7. The van der Waals surface area contributed by atoms with Crippen molar-refractivity contribution in [2.24, 2.45) is 46.3 Å². The molecule has 4 fully saturated rings. The average Bonchev–Trinajstić information content (AvgIpc) is 3.34. The molecule has 1 heterocycles. The topological polar surface area (TPSA) is 67.9 Å². The molecular formula is C37H62N2O4. The highest BCUT2D eigenvalue weighted by Gasteiger charge is 2.59. The van der Waals surface area contributed by atoms with Crippen LogP contribution in [0.5, 0.6) is 0 Å². The number of amides is 1. The lowest BCUT2D eigenvalue weighted by molar-refractivity contribution is -0.152. The molecule has 0 radical (unpaired) electrons. The molecule has 1 N–H and O–H groups in total. The number of ether oxygens (including phenoxy) is 2. The Balaban J connectivity index is 1.09. The smallest absolute Gasteiger partial charge is 0.306 e. The largest absolute Gasteiger partial charge is 0.462 e. The molecule has 1 aliphatic heterocycles. The Morgan fingerprint density at radius 2 is 1.81 bits per heavy atom. The van der Waals surface area contributed by atoms with Gasteiger partial charge in [-0.15, -0.1) is 0 Å². The second kappa shape index (κ2) is 14.4. The maximum Gasteiger partial charge on any atom is 0.306 e. The van der Waals surface area contributed by atoms with Gasteiger partial charge < -0.3 is 14.8 Å². The lowest BCUT2D eigenvalue weighted by Crippen LogP contribution is -2.51. The Kier molecular flexibility index (Phi) is 11.0. The van der Waals surface area contributed by atoms with Crippen LogP contribution in [0.1, 0.15) is 118 Å². The third-order valence-electron chi connectivity index (χ3n) is 13.0. The van der Waals surface area contributed by atoms with Gasteiger partial charge in [0.25, 0.3) is 0 Å². The molecule has 0 spiro atoms. The summed E-state index contributed by atoms with van der Waals surface area (Å²) in [6.07, 6.45) is 16.9. The van der Waals surface area contributed by atoms with E-state index in [1.54, 1.807) is 5.57 Å². The Morgan fingerprint density at radius 1 is 1.02 bits per heavy atom. The highest BCUT2D eigenvalue weighted by Crippen LogP contribution is 2.67. The van der Waals surface area contributed by atoms with Crippen LogP contribution in [0.3, 0.4) is 0 Å². The van der Waals surface area contributed by atoms with Crippen molar-refractivity contribution in [1.82, 2.24) is 10.2 Å². The fraction of sp³-hybridized carbons (Fsp3) is 0.892. The minimum atomic E-state index is -0.223. The molecule has 0 aromatic rings. The van der Waals surface area contributed by atoms with E-state index < -0.39 is 0 Å². The number of carbonyl (C=O) groups excluding carboxylic acids is 2. The first-order valence-corrected chi connectivity index (χ1v) is 18.1. The number of nitrogens with one attached hydrogen (secondary N) is 1. The van der Waals surface area contributed by atoms with E-state index in [9.17, 15) is 9.59 Å². The Bertz CT molecular complexity index is 989. The standard InChI is InChI=1S/C37H62N2O4/c1-26(2)7-6-8-27(3)31-11-12-32-30-10-9-28-25-29(15-17-36(28,4)33(30)16-18-37(31,32)5)43-35(41)14-13-34(40)38-19-20-39-21-23-42-24-22-39/h9,26-27,29-33H,6-8,10-25H2,1-5H3,(H,38,40)/t27?,29?,30?,31?,32?,33-,36?,37?/m1/s1. The van der Waals surface area contributed by atoms with Crippen molar-refractivity contribution in [1.29, 1.82) is 0 Å². The number of hydrogen-bond acceptors (Lipinski definition) is 5. The lowest BCUT2D eigenvalue weighted by atomic mass is 9.47. The number of allylic oxidation sites excluding steroid dienone is 1. The maximum atomic E-state index is 12.7. The van der Waals surface area contributed by atoms with E-state index in [-0.39, 0.29) is 36.2 Å². The van der Waals surface area contributed by atoms with Crippen molar-refractivity contribution in [2.75, 3.05) is 39.4 Å². The molecule has 8 atom stereocenters. The zero-order valence-electron chi connectivity index (χ0n) is 28.1. The summed E-state index contributed by atoms with van der Waals surface area (Å²) in [7, 11) is 0. The summed E-state index contributed by atoms with van der Waals surface area (Å²) in [6.45, 7) is 17.3. The van der Waals surface area contributed by atoms with Gasteiger partial charge in [0.05, 0.1) is 19.6 Å². The Labute approximate surface area is 262 Å². The molecule has 7 unspecified atom stereocenters. The van der Waals surface area contributed by atoms with Gasteiger partial charge in [0.1, 0.15) is 6.10 Å². The molecule has 1 saturated heterocycles. The number of hydrogen-bond donors (Lipinski definition) is 1. The van der Waals surface area contributed by atoms with Crippen LogP contribution in [0.4, 0.5) is 0 Å². The summed E-state index contributed by atoms with van der Waals surface area (Å²) in [4.78, 5) is 27.3. The van der Waals surface area contributed by atoms with Gasteiger partial charge in [0.15, 0.2) is 0 Å². The molecule has 6 nitrogen and oxygen atoms in total. The van der Waals surface area contributed by atoms with E-state index in [4.69, 9.17) is 9.47 Å². The zero-order chi connectivity index (χ0) is 30.6. The average molecular weight is 599 g/mol. The zero-order valence-corrected chi connectivity index (χ0v) is 28.1. The number of morpholine rings is 1. The molecule has 5 rings (SSSR count). The van der Waals surface area contributed by atoms with Gasteiger partial charge >= 0.3 is 5.97 Å². The van der Waals surface area contributed by atoms with Gasteiger partial charge in [-0.1, -0.05) is 65.5 Å². The van der Waals surface area contributed by atoms with Crippen LogP contribution >= 0.6 is 0 Å². The fourth-order valence-electron chi connectivity index (χ4n) is 10.5. The first-order chi connectivity index (χ1) is 20.6. The predicted molar refractivity (Wildman–Crippen MR) is 172 cm³/mol. The third kappa shape index (κ3) is 7.54. The van der Waals surface area contributed by atoms with E-state index in [1.165, 1.54) is 51.4 Å². The second-order valence-corrected chi connectivity index (χ2v) is 15.9. The van der Waals surface area contributed by atoms with Gasteiger partial charge in [-0.3, -0.25) is 14.5 Å². The third-order valence-corrected chi connectivity index (χ3v) is 13.0. The van der Waals surface area contributed by atoms with Crippen molar-refractivity contribution < 1.29 is 19.1 Å². The van der Waals surface area contributed by atoms with Crippen LogP contribution in [0.2, 0.25) is 0 Å². The van der Waals surface area contributed by atoms with Gasteiger partial charge in [-0.05, 0) is 91.3 Å². The van der Waals surface area contributed by atoms with Crippen LogP contribution in [-0.2, 0) is 19.1 Å². The monoisotopic (exact) mass is 598 g/mol. The summed E-state index contributed by atoms with van der Waals surface area (Å²) in [5, 5.41) is 2.96. The molecule has 43 heavy (non-hydrogen) atoms. The minimum absolute atomic E-state index is 0.0378. The lowest BCUT2D eigenvalue weighted by Gasteiger charge is -2.58. The summed E-state index contributed by atoms with van der Waals surface area (Å²) >= 11 is 0. The molecule has 1 amide bonds. The molecule has 0 aromatic heterocycles. The maximum absolute atomic E-state index is 12.7. The van der Waals surface area contributed by atoms with E-state index in [2.05, 4.69) is 50.9 Å². The number of nitrogens with zero attached hydrogens (tertiary/aromatic N) is 1. The summed E-state index contributed by atoms with van der Waals surface area (Å²) < 4.78 is 11.3. The van der Waals surface area contributed by atoms with E-state index in [0.29, 0.717) is 12.0 Å². The first-order valence-electron chi connectivity index (χ1n) is 18.1. The van der Waals surface area contributed by atoms with Crippen molar-refractivity contribution in [2.45, 2.75) is 124 Å². The molecule has 5 aliphatic rings. The van der Waals surface area contributed by atoms with Crippen LogP contribution in [0.15, 0.2) is 11.6 Å². The van der Waals surface area contributed by atoms with Gasteiger partial charge in [0.2, 0.25) is 5.91 Å². The number of esters is 1. The highest BCUT2D eigenvalue weighted by atomic mass is 16.5. The highest BCUT2D eigenvalue weighted by molar-refractivity contribution is 5.81. The molecule has 6 heteroatoms. The number of carbonyl (C=O) groups is 2. The van der Waals surface area contributed by atoms with Crippen molar-refractivity contribution in [3.8, 4) is 0 Å². The van der Waals surface area contributed by atoms with E-state index >= 15 is 0 Å². The van der Waals surface area contributed by atoms with Crippen LogP contribution in [0.25, 0.3) is 0 Å². The summed E-state index contributed by atoms with van der Waals surface area (Å²) in [6, 6.07) is 0. The summed E-state index contributed by atoms with van der Waals surface area (Å²) in [5.74, 6) is 4.74. The summed E-state index contributed by atoms with van der Waals surface area (Å²) in [5.41, 5.74) is 2.33. The SMILES string of the molecule is CC(C)CCCC(C)C1CCC2C3CC=C4CC(OC(=O)CCC(=O)NCCN5CCOCC5)CCC4(C)[C@@H]3CCC12C. The van der Waals surface area contributed by atoms with Crippen molar-refractivity contribution in [3.05, 3.63) is 11.6 Å². The number of fused-ring (bicyclic) bond motifs is 5. The molecule has 0 bridgehead atoms. The van der Waals surface area contributed by atoms with Crippen LogP contribution in [0, 0.1) is 46.3 Å². The molecule has 4 aliphatic carbocycles. The Hall–Kier alpha value is -1.40. The van der Waals surface area contributed by atoms with E-state index in [1.807, 2.05) is 0 Å². The van der Waals surface area contributed by atoms with Crippen LogP contribution < -0.4 is 5.32 Å². The van der Waals surface area contributed by atoms with Crippen molar-refractivity contribution in [3.63, 3.8) is 0 Å². The van der Waals surface area contributed by atoms with Crippen molar-refractivity contribution >= 4 is 11.9 Å². The number of rotatable bonds is 12. The van der Waals surface area contributed by atoms with Gasteiger partial charge in [-0.2, -0.15) is 0 Å². The molecular weight excluding hydrogens is 536 g/mol. The quantitative estimate of drug-likeness (QED) is 0.191. The predicted octanol–water partition coefficient (Wildman–Crippen LogP) is 7.17. The molecule has 3 saturated carbocycles. The minimum Gasteiger partial charge on any atom is -0.462 e. The first kappa shape index (κ1) is 33.0. The van der Waals surface area contributed by atoms with Gasteiger partial charge in [0, 0.05) is 39.0 Å². The van der Waals surface area contributed by atoms with Gasteiger partial charge in [-0.25, -0.2) is 0 Å². The van der Waals surface area contributed by atoms with E-state index in [0.717, 1.165) is 87.6 Å².